The first-order valence-corrected chi connectivity index (χ1v) is 9.54. The molecule has 1 saturated heterocycles. The highest BCUT2D eigenvalue weighted by molar-refractivity contribution is 5.84. The second-order valence-corrected chi connectivity index (χ2v) is 7.97. The van der Waals surface area contributed by atoms with Crippen LogP contribution in [0.1, 0.15) is 65.4 Å². The summed E-state index contributed by atoms with van der Waals surface area (Å²) in [7, 11) is 0. The van der Waals surface area contributed by atoms with Gasteiger partial charge in [0.1, 0.15) is 12.6 Å². The van der Waals surface area contributed by atoms with E-state index >= 15 is 0 Å². The molecule has 1 aliphatic rings. The average Bonchev–Trinajstić information content (AvgIpc) is 2.94. The first-order valence-electron chi connectivity index (χ1n) is 9.54. The zero-order valence-corrected chi connectivity index (χ0v) is 16.4. The maximum absolute atomic E-state index is 12.8. The Morgan fingerprint density at radius 2 is 1.85 bits per heavy atom. The Kier molecular flexibility index (Phi) is 7.06. The second kappa shape index (κ2) is 9.06. The van der Waals surface area contributed by atoms with Crippen LogP contribution in [-0.2, 0) is 20.9 Å². The Labute approximate surface area is 156 Å². The molecule has 0 N–H and O–H groups in total. The van der Waals surface area contributed by atoms with Gasteiger partial charge in [-0.05, 0) is 12.0 Å². The fourth-order valence-corrected chi connectivity index (χ4v) is 3.15. The van der Waals surface area contributed by atoms with Crippen LogP contribution in [0.3, 0.4) is 0 Å². The molecule has 1 fully saturated rings. The number of rotatable bonds is 7. The molecule has 1 aromatic carbocycles. The van der Waals surface area contributed by atoms with E-state index in [-0.39, 0.29) is 18.0 Å². The molecule has 144 valence electrons. The van der Waals surface area contributed by atoms with Crippen LogP contribution in [0.2, 0.25) is 0 Å². The number of hydrogen-bond donors (Lipinski definition) is 0. The smallest absolute Gasteiger partial charge is 0.413 e. The number of ether oxygens (including phenoxy) is 2. The lowest BCUT2D eigenvalue weighted by atomic mass is 9.93. The van der Waals surface area contributed by atoms with Gasteiger partial charge in [0.2, 0.25) is 0 Å². The normalized spacial score (nSPS) is 20.2. The summed E-state index contributed by atoms with van der Waals surface area (Å²) in [5, 5.41) is 0. The number of esters is 1. The van der Waals surface area contributed by atoms with Crippen LogP contribution in [0.15, 0.2) is 30.3 Å². The number of cyclic esters (lactones) is 1. The van der Waals surface area contributed by atoms with E-state index in [1.807, 2.05) is 51.1 Å². The predicted molar refractivity (Wildman–Crippen MR) is 100 cm³/mol. The van der Waals surface area contributed by atoms with Crippen molar-refractivity contribution in [1.82, 2.24) is 4.90 Å². The molecule has 1 heterocycles. The summed E-state index contributed by atoms with van der Waals surface area (Å²) in [5.74, 6) is -0.321. The molecule has 5 nitrogen and oxygen atoms in total. The lowest BCUT2D eigenvalue weighted by molar-refractivity contribution is -0.147. The molecular formula is C21H31NO4. The van der Waals surface area contributed by atoms with Crippen LogP contribution in [0.25, 0.3) is 0 Å². The van der Waals surface area contributed by atoms with Gasteiger partial charge in [-0.15, -0.1) is 0 Å². The molecule has 2 atom stereocenters. The molecular weight excluding hydrogens is 330 g/mol. The van der Waals surface area contributed by atoms with E-state index in [2.05, 4.69) is 6.92 Å². The van der Waals surface area contributed by atoms with E-state index in [9.17, 15) is 9.59 Å². The van der Waals surface area contributed by atoms with E-state index < -0.39 is 18.4 Å². The number of carbonyl (C=O) groups is 2. The molecule has 1 amide bonds. The quantitative estimate of drug-likeness (QED) is 0.512. The van der Waals surface area contributed by atoms with Crippen molar-refractivity contribution in [2.45, 2.75) is 78.7 Å². The molecule has 0 saturated carbocycles. The van der Waals surface area contributed by atoms with Crippen LogP contribution in [0.4, 0.5) is 4.79 Å². The van der Waals surface area contributed by atoms with Gasteiger partial charge in [0.15, 0.2) is 6.23 Å². The Bertz CT molecular complexity index is 594. The largest absolute Gasteiger partial charge is 0.444 e. The minimum absolute atomic E-state index is 0.184. The highest BCUT2D eigenvalue weighted by Gasteiger charge is 2.50. The van der Waals surface area contributed by atoms with Crippen molar-refractivity contribution in [1.29, 1.82) is 0 Å². The monoisotopic (exact) mass is 361 g/mol. The van der Waals surface area contributed by atoms with Gasteiger partial charge < -0.3 is 9.47 Å². The van der Waals surface area contributed by atoms with Crippen molar-refractivity contribution < 1.29 is 19.1 Å². The lowest BCUT2D eigenvalue weighted by Gasteiger charge is -2.33. The Morgan fingerprint density at radius 3 is 2.46 bits per heavy atom. The van der Waals surface area contributed by atoms with Crippen LogP contribution < -0.4 is 0 Å². The summed E-state index contributed by atoms with van der Waals surface area (Å²) in [6.07, 6.45) is 3.73. The van der Waals surface area contributed by atoms with E-state index in [4.69, 9.17) is 9.47 Å². The van der Waals surface area contributed by atoms with Gasteiger partial charge in [-0.2, -0.15) is 0 Å². The molecule has 2 rings (SSSR count). The van der Waals surface area contributed by atoms with Crippen molar-refractivity contribution >= 4 is 12.1 Å². The van der Waals surface area contributed by atoms with Crippen LogP contribution in [-0.4, -0.2) is 29.2 Å². The van der Waals surface area contributed by atoms with Crippen molar-refractivity contribution in [2.75, 3.05) is 0 Å². The van der Waals surface area contributed by atoms with Gasteiger partial charge in [-0.25, -0.2) is 9.59 Å². The Morgan fingerprint density at radius 1 is 1.15 bits per heavy atom. The van der Waals surface area contributed by atoms with E-state index in [0.717, 1.165) is 31.2 Å². The van der Waals surface area contributed by atoms with Crippen molar-refractivity contribution in [2.24, 2.45) is 5.41 Å². The third kappa shape index (κ3) is 5.23. The minimum atomic E-state index is -0.602. The number of hydrogen-bond acceptors (Lipinski definition) is 4. The number of nitrogens with zero attached hydrogens (tertiary/aromatic N) is 1. The molecule has 0 aromatic heterocycles. The van der Waals surface area contributed by atoms with Crippen molar-refractivity contribution in [3.8, 4) is 0 Å². The molecule has 0 unspecified atom stereocenters. The fourth-order valence-electron chi connectivity index (χ4n) is 3.15. The number of amides is 1. The molecule has 5 heteroatoms. The summed E-state index contributed by atoms with van der Waals surface area (Å²) < 4.78 is 11.1. The van der Waals surface area contributed by atoms with Crippen LogP contribution in [0, 0.1) is 5.41 Å². The standard InChI is InChI=1S/C21H31NO4/c1-5-6-7-11-14-17-18(23)26-19(21(2,3)4)22(17)20(24)25-15-16-12-9-8-10-13-16/h8-10,12-13,17,19H,5-7,11,14-15H2,1-4H3/t17-,19-/m0/s1. The second-order valence-electron chi connectivity index (χ2n) is 7.97. The van der Waals surface area contributed by atoms with Crippen LogP contribution >= 0.6 is 0 Å². The van der Waals surface area contributed by atoms with Crippen molar-refractivity contribution in [3.05, 3.63) is 35.9 Å². The van der Waals surface area contributed by atoms with E-state index in [1.54, 1.807) is 0 Å². The molecule has 1 aliphatic heterocycles. The number of unbranched alkanes of at least 4 members (excludes halogenated alkanes) is 3. The van der Waals surface area contributed by atoms with Gasteiger partial charge in [0.05, 0.1) is 0 Å². The number of benzene rings is 1. The fraction of sp³-hybridized carbons (Fsp3) is 0.619. The third-order valence-electron chi connectivity index (χ3n) is 4.58. The molecule has 0 bridgehead atoms. The summed E-state index contributed by atoms with van der Waals surface area (Å²) in [6, 6.07) is 8.98. The zero-order valence-electron chi connectivity index (χ0n) is 16.4. The molecule has 26 heavy (non-hydrogen) atoms. The van der Waals surface area contributed by atoms with Crippen molar-refractivity contribution in [3.63, 3.8) is 0 Å². The maximum Gasteiger partial charge on any atom is 0.413 e. The summed E-state index contributed by atoms with van der Waals surface area (Å²) >= 11 is 0. The number of carbonyl (C=O) groups excluding carboxylic acids is 2. The van der Waals surface area contributed by atoms with Gasteiger partial charge >= 0.3 is 12.1 Å². The third-order valence-corrected chi connectivity index (χ3v) is 4.58. The summed E-state index contributed by atoms with van der Waals surface area (Å²) in [5.41, 5.74) is 0.540. The van der Waals surface area contributed by atoms with Gasteiger partial charge in [-0.1, -0.05) is 83.7 Å². The maximum atomic E-state index is 12.8. The first kappa shape index (κ1) is 20.3. The van der Waals surface area contributed by atoms with Gasteiger partial charge in [0, 0.05) is 5.41 Å². The first-order chi connectivity index (χ1) is 12.3. The molecule has 0 aliphatic carbocycles. The zero-order chi connectivity index (χ0) is 19.2. The van der Waals surface area contributed by atoms with Gasteiger partial charge in [0.25, 0.3) is 0 Å². The average molecular weight is 361 g/mol. The topological polar surface area (TPSA) is 55.8 Å². The summed E-state index contributed by atoms with van der Waals surface area (Å²) in [4.78, 5) is 26.7. The van der Waals surface area contributed by atoms with Crippen LogP contribution in [0.5, 0.6) is 0 Å². The molecule has 0 spiro atoms. The Hall–Kier alpha value is -2.04. The van der Waals surface area contributed by atoms with E-state index in [0.29, 0.717) is 6.42 Å². The van der Waals surface area contributed by atoms with E-state index in [1.165, 1.54) is 4.90 Å². The minimum Gasteiger partial charge on any atom is -0.444 e. The highest BCUT2D eigenvalue weighted by Crippen LogP contribution is 2.34. The SMILES string of the molecule is CCCCCC[C@H]1C(=O)O[C@@H](C(C)(C)C)N1C(=O)OCc1ccccc1. The molecule has 1 aromatic rings. The summed E-state index contributed by atoms with van der Waals surface area (Å²) in [6.45, 7) is 8.21. The van der Waals surface area contributed by atoms with Gasteiger partial charge in [-0.3, -0.25) is 4.90 Å². The lowest BCUT2D eigenvalue weighted by Crippen LogP contribution is -2.48. The Balaban J connectivity index is 2.08. The predicted octanol–water partition coefficient (Wildman–Crippen LogP) is 4.89. The molecule has 0 radical (unpaired) electrons. The highest BCUT2D eigenvalue weighted by atomic mass is 16.6.